The van der Waals surface area contributed by atoms with E-state index in [0.29, 0.717) is 10.9 Å². The minimum atomic E-state index is -0.299. The van der Waals surface area contributed by atoms with Crippen LogP contribution in [0, 0.1) is 11.7 Å². The van der Waals surface area contributed by atoms with Gasteiger partial charge in [-0.15, -0.1) is 0 Å². The van der Waals surface area contributed by atoms with Crippen LogP contribution >= 0.6 is 11.6 Å². The Bertz CT molecular complexity index is 352. The summed E-state index contributed by atoms with van der Waals surface area (Å²) in [6.45, 7) is 0. The molecule has 3 N–H and O–H groups in total. The lowest BCUT2D eigenvalue weighted by atomic mass is 10.0. The summed E-state index contributed by atoms with van der Waals surface area (Å²) in [4.78, 5) is 0. The molecule has 2 rings (SSSR count). The zero-order valence-corrected chi connectivity index (χ0v) is 9.10. The molecule has 0 spiro atoms. The summed E-state index contributed by atoms with van der Waals surface area (Å²) in [6, 6.07) is 4.76. The van der Waals surface area contributed by atoms with E-state index in [0.717, 1.165) is 12.0 Å². The second kappa shape index (κ2) is 4.47. The third-order valence-corrected chi connectivity index (χ3v) is 3.21. The van der Waals surface area contributed by atoms with E-state index >= 15 is 0 Å². The van der Waals surface area contributed by atoms with Crippen molar-refractivity contribution in [3.63, 3.8) is 0 Å². The van der Waals surface area contributed by atoms with Gasteiger partial charge in [0, 0.05) is 11.1 Å². The summed E-state index contributed by atoms with van der Waals surface area (Å²) in [6.07, 6.45) is 3.20. The van der Waals surface area contributed by atoms with E-state index < -0.39 is 0 Å². The molecule has 82 valence electrons. The number of benzene rings is 1. The van der Waals surface area contributed by atoms with E-state index in [2.05, 4.69) is 5.43 Å². The Morgan fingerprint density at radius 2 is 2.27 bits per heavy atom. The number of nitrogens with one attached hydrogen (secondary N) is 1. The topological polar surface area (TPSA) is 38.0 Å². The van der Waals surface area contributed by atoms with E-state index in [1.807, 2.05) is 0 Å². The zero-order valence-electron chi connectivity index (χ0n) is 8.34. The summed E-state index contributed by atoms with van der Waals surface area (Å²) in [7, 11) is 0. The number of nitrogens with two attached hydrogens (primary N) is 1. The van der Waals surface area contributed by atoms with Gasteiger partial charge in [0.25, 0.3) is 0 Å². The maximum atomic E-state index is 12.8. The minimum Gasteiger partial charge on any atom is -0.271 e. The van der Waals surface area contributed by atoms with Crippen LogP contribution in [0.25, 0.3) is 0 Å². The maximum absolute atomic E-state index is 12.8. The van der Waals surface area contributed by atoms with E-state index in [9.17, 15) is 4.39 Å². The van der Waals surface area contributed by atoms with Crippen molar-refractivity contribution in [3.8, 4) is 0 Å². The molecule has 0 bridgehead atoms. The van der Waals surface area contributed by atoms with Crippen LogP contribution in [-0.4, -0.2) is 6.04 Å². The first-order valence-corrected chi connectivity index (χ1v) is 5.48. The van der Waals surface area contributed by atoms with Gasteiger partial charge in [-0.3, -0.25) is 11.3 Å². The van der Waals surface area contributed by atoms with Crippen LogP contribution in [0.15, 0.2) is 18.2 Å². The van der Waals surface area contributed by atoms with Gasteiger partial charge >= 0.3 is 0 Å². The molecule has 1 aliphatic rings. The van der Waals surface area contributed by atoms with Gasteiger partial charge in [0.2, 0.25) is 0 Å². The third kappa shape index (κ3) is 2.68. The van der Waals surface area contributed by atoms with Gasteiger partial charge in [0.05, 0.1) is 0 Å². The van der Waals surface area contributed by atoms with Gasteiger partial charge in [-0.05, 0) is 42.9 Å². The highest BCUT2D eigenvalue weighted by Gasteiger charge is 2.30. The van der Waals surface area contributed by atoms with Crippen LogP contribution < -0.4 is 11.3 Å². The summed E-state index contributed by atoms with van der Waals surface area (Å²) in [5.41, 5.74) is 3.75. The average Bonchev–Trinajstić information content (AvgIpc) is 3.00. The standard InChI is InChI=1S/C11H14ClFN2/c12-10-6-9(13)4-3-8(10)5-11(15-14)7-1-2-7/h3-4,6-7,11,15H,1-2,5,14H2. The number of rotatable bonds is 4. The lowest BCUT2D eigenvalue weighted by Gasteiger charge is -2.15. The molecule has 0 aliphatic heterocycles. The van der Waals surface area contributed by atoms with Crippen molar-refractivity contribution < 1.29 is 4.39 Å². The van der Waals surface area contributed by atoms with Crippen molar-refractivity contribution in [2.24, 2.45) is 11.8 Å². The smallest absolute Gasteiger partial charge is 0.124 e. The highest BCUT2D eigenvalue weighted by molar-refractivity contribution is 6.31. The highest BCUT2D eigenvalue weighted by Crippen LogP contribution is 2.34. The first kappa shape index (κ1) is 10.9. The van der Waals surface area contributed by atoms with Gasteiger partial charge in [0.15, 0.2) is 0 Å². The lowest BCUT2D eigenvalue weighted by molar-refractivity contribution is 0.472. The predicted molar refractivity (Wildman–Crippen MR) is 58.9 cm³/mol. The van der Waals surface area contributed by atoms with E-state index in [4.69, 9.17) is 17.4 Å². The minimum absolute atomic E-state index is 0.257. The Balaban J connectivity index is 2.08. The van der Waals surface area contributed by atoms with Crippen molar-refractivity contribution >= 4 is 11.6 Å². The lowest BCUT2D eigenvalue weighted by Crippen LogP contribution is -2.38. The molecule has 1 fully saturated rings. The first-order valence-electron chi connectivity index (χ1n) is 5.10. The van der Waals surface area contributed by atoms with Gasteiger partial charge in [-0.25, -0.2) is 4.39 Å². The van der Waals surface area contributed by atoms with Crippen LogP contribution in [0.3, 0.4) is 0 Å². The van der Waals surface area contributed by atoms with Gasteiger partial charge in [0.1, 0.15) is 5.82 Å². The van der Waals surface area contributed by atoms with Crippen molar-refractivity contribution in [1.82, 2.24) is 5.43 Å². The quantitative estimate of drug-likeness (QED) is 0.613. The number of hydrazine groups is 1. The van der Waals surface area contributed by atoms with Gasteiger partial charge < -0.3 is 0 Å². The van der Waals surface area contributed by atoms with Crippen LogP contribution in [-0.2, 0) is 6.42 Å². The summed E-state index contributed by atoms with van der Waals surface area (Å²) in [5, 5.41) is 0.482. The van der Waals surface area contributed by atoms with Crippen molar-refractivity contribution in [2.75, 3.05) is 0 Å². The molecule has 1 saturated carbocycles. The molecule has 15 heavy (non-hydrogen) atoms. The highest BCUT2D eigenvalue weighted by atomic mass is 35.5. The molecule has 0 heterocycles. The number of hydrogen-bond acceptors (Lipinski definition) is 2. The molecule has 0 aromatic heterocycles. The molecular formula is C11H14ClFN2. The average molecular weight is 229 g/mol. The Kier molecular flexibility index (Phi) is 3.24. The second-order valence-corrected chi connectivity index (χ2v) is 4.46. The summed E-state index contributed by atoms with van der Waals surface area (Å²) in [5.74, 6) is 5.82. The Morgan fingerprint density at radius 1 is 1.53 bits per heavy atom. The fourth-order valence-corrected chi connectivity index (χ4v) is 2.03. The molecule has 1 atom stereocenters. The van der Waals surface area contributed by atoms with E-state index in [1.165, 1.54) is 25.0 Å². The van der Waals surface area contributed by atoms with E-state index in [1.54, 1.807) is 6.07 Å². The normalized spacial score (nSPS) is 17.8. The molecule has 2 nitrogen and oxygen atoms in total. The molecule has 0 amide bonds. The molecule has 0 saturated heterocycles. The monoisotopic (exact) mass is 228 g/mol. The van der Waals surface area contributed by atoms with Crippen LogP contribution in [0.4, 0.5) is 4.39 Å². The van der Waals surface area contributed by atoms with Crippen molar-refractivity contribution in [2.45, 2.75) is 25.3 Å². The molecule has 1 unspecified atom stereocenters. The van der Waals surface area contributed by atoms with E-state index in [-0.39, 0.29) is 11.9 Å². The SMILES string of the molecule is NNC(Cc1ccc(F)cc1Cl)C1CC1. The zero-order chi connectivity index (χ0) is 10.8. The molecular weight excluding hydrogens is 215 g/mol. The molecule has 1 aromatic rings. The van der Waals surface area contributed by atoms with Crippen LogP contribution in [0.1, 0.15) is 18.4 Å². The Labute approximate surface area is 93.6 Å². The number of hydrogen-bond donors (Lipinski definition) is 2. The van der Waals surface area contributed by atoms with Crippen LogP contribution in [0.5, 0.6) is 0 Å². The molecule has 0 radical (unpaired) electrons. The largest absolute Gasteiger partial charge is 0.271 e. The Morgan fingerprint density at radius 3 is 2.80 bits per heavy atom. The van der Waals surface area contributed by atoms with Crippen molar-refractivity contribution in [3.05, 3.63) is 34.6 Å². The third-order valence-electron chi connectivity index (χ3n) is 2.86. The van der Waals surface area contributed by atoms with Crippen molar-refractivity contribution in [1.29, 1.82) is 0 Å². The molecule has 4 heteroatoms. The molecule has 1 aliphatic carbocycles. The maximum Gasteiger partial charge on any atom is 0.124 e. The predicted octanol–water partition coefficient (Wildman–Crippen LogP) is 2.26. The first-order chi connectivity index (χ1) is 7.20. The fraction of sp³-hybridized carbons (Fsp3) is 0.455. The van der Waals surface area contributed by atoms with Crippen LogP contribution in [0.2, 0.25) is 5.02 Å². The number of halogens is 2. The summed E-state index contributed by atoms with van der Waals surface area (Å²) < 4.78 is 12.8. The summed E-state index contributed by atoms with van der Waals surface area (Å²) >= 11 is 5.95. The van der Waals surface area contributed by atoms with Gasteiger partial charge in [-0.2, -0.15) is 0 Å². The molecule has 1 aromatic carbocycles. The van der Waals surface area contributed by atoms with Gasteiger partial charge in [-0.1, -0.05) is 17.7 Å². The second-order valence-electron chi connectivity index (χ2n) is 4.05. The Hall–Kier alpha value is -0.640. The fourth-order valence-electron chi connectivity index (χ4n) is 1.78.